The first kappa shape index (κ1) is 12.3. The molecule has 0 aromatic heterocycles. The molecule has 1 rings (SSSR count). The van der Waals surface area contributed by atoms with Crippen LogP contribution in [-0.2, 0) is 0 Å². The summed E-state index contributed by atoms with van der Waals surface area (Å²) in [6.45, 7) is 7.32. The highest BCUT2D eigenvalue weighted by Crippen LogP contribution is 2.35. The van der Waals surface area contributed by atoms with Crippen LogP contribution in [0.1, 0.15) is 33.3 Å². The topological polar surface area (TPSA) is 0 Å². The van der Waals surface area contributed by atoms with Crippen molar-refractivity contribution in [2.24, 2.45) is 5.41 Å². The molecule has 0 nitrogen and oxygen atoms in total. The van der Waals surface area contributed by atoms with Gasteiger partial charge in [0.25, 0.3) is 0 Å². The summed E-state index contributed by atoms with van der Waals surface area (Å²) < 4.78 is 14.0. The SMILES string of the molecule is C/C(=C(\F)C(C)(C)C)c1ccccc1Cl. The first-order valence-corrected chi connectivity index (χ1v) is 5.33. The van der Waals surface area contributed by atoms with Gasteiger partial charge in [-0.3, -0.25) is 0 Å². The summed E-state index contributed by atoms with van der Waals surface area (Å²) in [5.74, 6) is -0.115. The van der Waals surface area contributed by atoms with Crippen molar-refractivity contribution in [1.82, 2.24) is 0 Å². The number of halogens is 2. The smallest absolute Gasteiger partial charge is 0.109 e. The van der Waals surface area contributed by atoms with Crippen molar-refractivity contribution in [3.8, 4) is 0 Å². The van der Waals surface area contributed by atoms with Gasteiger partial charge in [-0.1, -0.05) is 50.6 Å². The molecular weight excluding hydrogens is 211 g/mol. The Morgan fingerprint density at radius 1 is 1.20 bits per heavy atom. The Balaban J connectivity index is 3.26. The third-order valence-electron chi connectivity index (χ3n) is 2.27. The van der Waals surface area contributed by atoms with E-state index in [-0.39, 0.29) is 5.83 Å². The molecule has 0 N–H and O–H groups in total. The lowest BCUT2D eigenvalue weighted by molar-refractivity contribution is 0.386. The van der Waals surface area contributed by atoms with Crippen molar-refractivity contribution in [2.75, 3.05) is 0 Å². The van der Waals surface area contributed by atoms with Crippen LogP contribution in [0.5, 0.6) is 0 Å². The van der Waals surface area contributed by atoms with Crippen molar-refractivity contribution in [1.29, 1.82) is 0 Å². The molecule has 82 valence electrons. The zero-order chi connectivity index (χ0) is 11.6. The Bertz CT molecular complexity index is 386. The molecule has 15 heavy (non-hydrogen) atoms. The molecule has 1 aromatic rings. The van der Waals surface area contributed by atoms with E-state index in [4.69, 9.17) is 11.6 Å². The van der Waals surface area contributed by atoms with Crippen molar-refractivity contribution in [3.63, 3.8) is 0 Å². The quantitative estimate of drug-likeness (QED) is 0.626. The molecule has 1 aromatic carbocycles. The number of hydrogen-bond acceptors (Lipinski definition) is 0. The van der Waals surface area contributed by atoms with Crippen molar-refractivity contribution in [3.05, 3.63) is 40.7 Å². The van der Waals surface area contributed by atoms with Gasteiger partial charge >= 0.3 is 0 Å². The normalized spacial score (nSPS) is 13.7. The average Bonchev–Trinajstić information content (AvgIpc) is 2.15. The average molecular weight is 227 g/mol. The summed E-state index contributed by atoms with van der Waals surface area (Å²) in [5.41, 5.74) is 0.920. The summed E-state index contributed by atoms with van der Waals surface area (Å²) in [6.07, 6.45) is 0. The van der Waals surface area contributed by atoms with E-state index in [1.54, 1.807) is 13.0 Å². The zero-order valence-electron chi connectivity index (χ0n) is 9.57. The molecule has 0 amide bonds. The second kappa shape index (κ2) is 4.36. The number of rotatable bonds is 1. The molecule has 0 saturated carbocycles. The minimum atomic E-state index is -0.469. The first-order chi connectivity index (χ1) is 6.84. The lowest BCUT2D eigenvalue weighted by Gasteiger charge is -2.19. The second-order valence-corrected chi connectivity index (χ2v) is 5.08. The van der Waals surface area contributed by atoms with E-state index in [0.29, 0.717) is 10.6 Å². The van der Waals surface area contributed by atoms with Gasteiger partial charge in [0, 0.05) is 10.4 Å². The van der Waals surface area contributed by atoms with Gasteiger partial charge in [-0.05, 0) is 24.1 Å². The number of hydrogen-bond donors (Lipinski definition) is 0. The van der Waals surface area contributed by atoms with E-state index in [0.717, 1.165) is 5.56 Å². The third-order valence-corrected chi connectivity index (χ3v) is 2.60. The van der Waals surface area contributed by atoms with Gasteiger partial charge in [0.1, 0.15) is 5.83 Å². The minimum absolute atomic E-state index is 0.115. The second-order valence-electron chi connectivity index (χ2n) is 4.67. The third kappa shape index (κ3) is 2.82. The molecule has 0 fully saturated rings. The Labute approximate surface area is 95.8 Å². The van der Waals surface area contributed by atoms with Gasteiger partial charge in [-0.2, -0.15) is 0 Å². The molecule has 0 heterocycles. The highest BCUT2D eigenvalue weighted by atomic mass is 35.5. The molecule has 0 aliphatic carbocycles. The van der Waals surface area contributed by atoms with Crippen LogP contribution in [0.25, 0.3) is 5.57 Å². The van der Waals surface area contributed by atoms with E-state index in [1.165, 1.54) is 0 Å². The van der Waals surface area contributed by atoms with Gasteiger partial charge in [0.2, 0.25) is 0 Å². The molecule has 0 bridgehead atoms. The van der Waals surface area contributed by atoms with Crippen LogP contribution in [0.2, 0.25) is 5.02 Å². The van der Waals surface area contributed by atoms with E-state index >= 15 is 0 Å². The molecule has 0 aliphatic heterocycles. The monoisotopic (exact) mass is 226 g/mol. The number of benzene rings is 1. The highest BCUT2D eigenvalue weighted by molar-refractivity contribution is 6.32. The lowest BCUT2D eigenvalue weighted by atomic mass is 9.90. The molecule has 0 spiro atoms. The molecular formula is C13H16ClF. The van der Waals surface area contributed by atoms with Gasteiger partial charge in [0.15, 0.2) is 0 Å². The van der Waals surface area contributed by atoms with Crippen molar-refractivity contribution in [2.45, 2.75) is 27.7 Å². The van der Waals surface area contributed by atoms with Crippen molar-refractivity contribution >= 4 is 17.2 Å². The fraction of sp³-hybridized carbons (Fsp3) is 0.385. The summed E-state index contributed by atoms with van der Waals surface area (Å²) in [7, 11) is 0. The predicted molar refractivity (Wildman–Crippen MR) is 64.6 cm³/mol. The van der Waals surface area contributed by atoms with Crippen LogP contribution in [0.15, 0.2) is 30.1 Å². The van der Waals surface area contributed by atoms with Crippen LogP contribution in [0, 0.1) is 5.41 Å². The van der Waals surface area contributed by atoms with E-state index in [2.05, 4.69) is 0 Å². The first-order valence-electron chi connectivity index (χ1n) is 4.96. The lowest BCUT2D eigenvalue weighted by Crippen LogP contribution is -2.07. The standard InChI is InChI=1S/C13H16ClF/c1-9(12(15)13(2,3)4)10-7-5-6-8-11(10)14/h5-8H,1-4H3/b12-9+. The van der Waals surface area contributed by atoms with E-state index in [9.17, 15) is 4.39 Å². The minimum Gasteiger partial charge on any atom is -0.211 e. The van der Waals surface area contributed by atoms with Crippen LogP contribution in [-0.4, -0.2) is 0 Å². The maximum atomic E-state index is 14.0. The predicted octanol–water partition coefficient (Wildman–Crippen LogP) is 5.09. The van der Waals surface area contributed by atoms with E-state index < -0.39 is 5.41 Å². The molecule has 0 unspecified atom stereocenters. The van der Waals surface area contributed by atoms with Crippen LogP contribution >= 0.6 is 11.6 Å². The number of allylic oxidation sites excluding steroid dienone is 2. The fourth-order valence-corrected chi connectivity index (χ4v) is 1.72. The molecule has 0 saturated heterocycles. The van der Waals surface area contributed by atoms with Crippen LogP contribution in [0.3, 0.4) is 0 Å². The zero-order valence-corrected chi connectivity index (χ0v) is 10.3. The van der Waals surface area contributed by atoms with Gasteiger partial charge in [-0.25, -0.2) is 4.39 Å². The molecule has 2 heteroatoms. The summed E-state index contributed by atoms with van der Waals surface area (Å²) in [5, 5.41) is 0.592. The highest BCUT2D eigenvalue weighted by Gasteiger charge is 2.20. The molecule has 0 atom stereocenters. The Morgan fingerprint density at radius 2 is 1.73 bits per heavy atom. The summed E-state index contributed by atoms with van der Waals surface area (Å²) >= 11 is 6.01. The van der Waals surface area contributed by atoms with Gasteiger partial charge in [0.05, 0.1) is 0 Å². The maximum absolute atomic E-state index is 14.0. The van der Waals surface area contributed by atoms with Crippen LogP contribution < -0.4 is 0 Å². The maximum Gasteiger partial charge on any atom is 0.109 e. The summed E-state index contributed by atoms with van der Waals surface area (Å²) in [6, 6.07) is 7.31. The van der Waals surface area contributed by atoms with Gasteiger partial charge in [-0.15, -0.1) is 0 Å². The Hall–Kier alpha value is -0.820. The molecule has 0 radical (unpaired) electrons. The largest absolute Gasteiger partial charge is 0.211 e. The fourth-order valence-electron chi connectivity index (χ4n) is 1.45. The van der Waals surface area contributed by atoms with Crippen molar-refractivity contribution < 1.29 is 4.39 Å². The Kier molecular flexibility index (Phi) is 3.56. The Morgan fingerprint density at radius 3 is 2.20 bits per heavy atom. The van der Waals surface area contributed by atoms with Crippen LogP contribution in [0.4, 0.5) is 4.39 Å². The van der Waals surface area contributed by atoms with Gasteiger partial charge < -0.3 is 0 Å². The summed E-state index contributed by atoms with van der Waals surface area (Å²) in [4.78, 5) is 0. The molecule has 0 aliphatic rings. The van der Waals surface area contributed by atoms with E-state index in [1.807, 2.05) is 39.0 Å².